The third-order valence-corrected chi connectivity index (χ3v) is 5.76. The Morgan fingerprint density at radius 3 is 2.68 bits per heavy atom. The highest BCUT2D eigenvalue weighted by Crippen LogP contribution is 2.37. The lowest BCUT2D eigenvalue weighted by atomic mass is 9.80. The minimum absolute atomic E-state index is 0.0339. The average molecular weight is 379 g/mol. The molecular formula is C22H25N3O3. The van der Waals surface area contributed by atoms with Crippen molar-refractivity contribution in [1.82, 2.24) is 4.90 Å². The number of amides is 2. The van der Waals surface area contributed by atoms with E-state index in [0.29, 0.717) is 19.5 Å². The van der Waals surface area contributed by atoms with Gasteiger partial charge in [-0.1, -0.05) is 42.5 Å². The topological polar surface area (TPSA) is 95.7 Å². The Kier molecular flexibility index (Phi) is 5.15. The maximum atomic E-state index is 12.6. The molecule has 4 rings (SSSR count). The molecule has 1 saturated heterocycles. The molecule has 0 saturated carbocycles. The Morgan fingerprint density at radius 1 is 1.21 bits per heavy atom. The SMILES string of the molecule is NC(=O)C(c1ccc2c(c1)NC(=O)C2)[C@H](CN1CC[C@H](O)C1)c1ccccc1. The Morgan fingerprint density at radius 2 is 2.00 bits per heavy atom. The molecule has 28 heavy (non-hydrogen) atoms. The Bertz CT molecular complexity index is 884. The molecule has 2 aliphatic rings. The summed E-state index contributed by atoms with van der Waals surface area (Å²) in [4.78, 5) is 26.5. The van der Waals surface area contributed by atoms with Gasteiger partial charge in [0.2, 0.25) is 11.8 Å². The quantitative estimate of drug-likeness (QED) is 0.710. The number of carbonyl (C=O) groups excluding carboxylic acids is 2. The first kappa shape index (κ1) is 18.7. The minimum Gasteiger partial charge on any atom is -0.392 e. The molecule has 2 amide bonds. The summed E-state index contributed by atoms with van der Waals surface area (Å²) in [5, 5.41) is 12.8. The van der Waals surface area contributed by atoms with E-state index in [1.54, 1.807) is 0 Å². The molecule has 0 aliphatic carbocycles. The summed E-state index contributed by atoms with van der Waals surface area (Å²) >= 11 is 0. The van der Waals surface area contributed by atoms with Crippen LogP contribution in [0, 0.1) is 0 Å². The highest BCUT2D eigenvalue weighted by molar-refractivity contribution is 5.99. The predicted octanol–water partition coefficient (Wildman–Crippen LogP) is 1.60. The zero-order chi connectivity index (χ0) is 19.7. The zero-order valence-corrected chi connectivity index (χ0v) is 15.7. The zero-order valence-electron chi connectivity index (χ0n) is 15.7. The summed E-state index contributed by atoms with van der Waals surface area (Å²) in [6.07, 6.45) is 0.789. The van der Waals surface area contributed by atoms with Gasteiger partial charge in [0.25, 0.3) is 0 Å². The molecule has 0 spiro atoms. The van der Waals surface area contributed by atoms with E-state index in [0.717, 1.165) is 35.3 Å². The van der Waals surface area contributed by atoms with Crippen LogP contribution < -0.4 is 11.1 Å². The summed E-state index contributed by atoms with van der Waals surface area (Å²) in [7, 11) is 0. The number of hydrogen-bond acceptors (Lipinski definition) is 4. The molecule has 6 heteroatoms. The number of anilines is 1. The lowest BCUT2D eigenvalue weighted by Crippen LogP contribution is -2.35. The molecular weight excluding hydrogens is 354 g/mol. The smallest absolute Gasteiger partial charge is 0.228 e. The number of nitrogens with two attached hydrogens (primary N) is 1. The van der Waals surface area contributed by atoms with Crippen molar-refractivity contribution in [2.45, 2.75) is 30.8 Å². The number of aliphatic hydroxyl groups excluding tert-OH is 1. The number of primary amides is 1. The lowest BCUT2D eigenvalue weighted by molar-refractivity contribution is -0.120. The lowest BCUT2D eigenvalue weighted by Gasteiger charge is -2.30. The molecule has 4 N–H and O–H groups in total. The third-order valence-electron chi connectivity index (χ3n) is 5.76. The molecule has 1 fully saturated rings. The number of nitrogens with zero attached hydrogens (tertiary/aromatic N) is 1. The number of benzene rings is 2. The Labute approximate surface area is 164 Å². The second kappa shape index (κ2) is 7.73. The van der Waals surface area contributed by atoms with E-state index in [2.05, 4.69) is 10.2 Å². The van der Waals surface area contributed by atoms with Gasteiger partial charge in [-0.05, 0) is 29.2 Å². The van der Waals surface area contributed by atoms with Gasteiger partial charge in [0, 0.05) is 31.2 Å². The van der Waals surface area contributed by atoms with Gasteiger partial charge in [-0.25, -0.2) is 0 Å². The van der Waals surface area contributed by atoms with Crippen molar-refractivity contribution < 1.29 is 14.7 Å². The van der Waals surface area contributed by atoms with Gasteiger partial charge in [-0.15, -0.1) is 0 Å². The van der Waals surface area contributed by atoms with Gasteiger partial charge in [0.15, 0.2) is 0 Å². The van der Waals surface area contributed by atoms with E-state index in [-0.39, 0.29) is 17.9 Å². The molecule has 6 nitrogen and oxygen atoms in total. The van der Waals surface area contributed by atoms with Crippen molar-refractivity contribution in [2.24, 2.45) is 5.73 Å². The van der Waals surface area contributed by atoms with Crippen molar-refractivity contribution in [3.63, 3.8) is 0 Å². The van der Waals surface area contributed by atoms with E-state index in [1.165, 1.54) is 0 Å². The second-order valence-corrected chi connectivity index (χ2v) is 7.74. The summed E-state index contributed by atoms with van der Waals surface area (Å²) in [6, 6.07) is 15.6. The molecule has 1 unspecified atom stereocenters. The molecule has 0 aromatic heterocycles. The molecule has 3 atom stereocenters. The standard InChI is InChI=1S/C22H25N3O3/c23-22(28)21(16-7-6-15-11-20(27)24-19(15)10-16)18(14-4-2-1-3-5-14)13-25-9-8-17(26)12-25/h1-7,10,17-18,21,26H,8-9,11-13H2,(H2,23,28)(H,24,27)/t17-,18+,21?/m0/s1. The molecule has 146 valence electrons. The second-order valence-electron chi connectivity index (χ2n) is 7.74. The largest absolute Gasteiger partial charge is 0.392 e. The van der Waals surface area contributed by atoms with Gasteiger partial charge in [-0.2, -0.15) is 0 Å². The predicted molar refractivity (Wildman–Crippen MR) is 107 cm³/mol. The minimum atomic E-state index is -0.525. The normalized spacial score (nSPS) is 21.2. The Hall–Kier alpha value is -2.70. The third kappa shape index (κ3) is 3.79. The number of fused-ring (bicyclic) bond motifs is 1. The van der Waals surface area contributed by atoms with Crippen LogP contribution in [0.1, 0.15) is 34.9 Å². The fourth-order valence-electron chi connectivity index (χ4n) is 4.38. The van der Waals surface area contributed by atoms with Crippen LogP contribution in [0.25, 0.3) is 0 Å². The van der Waals surface area contributed by atoms with Gasteiger partial charge < -0.3 is 21.1 Å². The summed E-state index contributed by atoms with van der Waals surface area (Å²) < 4.78 is 0. The number of rotatable bonds is 6. The van der Waals surface area contributed by atoms with Crippen LogP contribution in [0.15, 0.2) is 48.5 Å². The maximum absolute atomic E-state index is 12.6. The van der Waals surface area contributed by atoms with Crippen LogP contribution >= 0.6 is 0 Å². The number of nitrogens with one attached hydrogen (secondary N) is 1. The fourth-order valence-corrected chi connectivity index (χ4v) is 4.38. The fraction of sp³-hybridized carbons (Fsp3) is 0.364. The average Bonchev–Trinajstić information content (AvgIpc) is 3.25. The van der Waals surface area contributed by atoms with Crippen molar-refractivity contribution in [3.05, 3.63) is 65.2 Å². The molecule has 2 aromatic rings. The molecule has 0 bridgehead atoms. The van der Waals surface area contributed by atoms with E-state index >= 15 is 0 Å². The van der Waals surface area contributed by atoms with Gasteiger partial charge in [-0.3, -0.25) is 9.59 Å². The summed E-state index contributed by atoms with van der Waals surface area (Å²) in [5.41, 5.74) is 9.44. The van der Waals surface area contributed by atoms with Crippen LogP contribution in [-0.4, -0.2) is 47.6 Å². The van der Waals surface area contributed by atoms with Crippen molar-refractivity contribution in [1.29, 1.82) is 0 Å². The number of aliphatic hydroxyl groups is 1. The first-order valence-corrected chi connectivity index (χ1v) is 9.68. The number of likely N-dealkylation sites (tertiary alicyclic amines) is 1. The first-order chi connectivity index (χ1) is 13.5. The van der Waals surface area contributed by atoms with Crippen molar-refractivity contribution >= 4 is 17.5 Å². The maximum Gasteiger partial charge on any atom is 0.228 e. The molecule has 2 aliphatic heterocycles. The van der Waals surface area contributed by atoms with Crippen LogP contribution in [0.5, 0.6) is 0 Å². The van der Waals surface area contributed by atoms with E-state index in [1.807, 2.05) is 48.5 Å². The molecule has 2 aromatic carbocycles. The van der Waals surface area contributed by atoms with Gasteiger partial charge in [0.05, 0.1) is 18.4 Å². The van der Waals surface area contributed by atoms with E-state index in [4.69, 9.17) is 5.73 Å². The van der Waals surface area contributed by atoms with E-state index in [9.17, 15) is 14.7 Å². The highest BCUT2D eigenvalue weighted by Gasteiger charge is 2.34. The van der Waals surface area contributed by atoms with E-state index < -0.39 is 11.8 Å². The van der Waals surface area contributed by atoms with Crippen LogP contribution in [0.4, 0.5) is 5.69 Å². The molecule has 0 radical (unpaired) electrons. The van der Waals surface area contributed by atoms with Gasteiger partial charge in [0.1, 0.15) is 0 Å². The summed E-state index contributed by atoms with van der Waals surface area (Å²) in [5.74, 6) is -1.09. The van der Waals surface area contributed by atoms with Crippen molar-refractivity contribution in [3.8, 4) is 0 Å². The van der Waals surface area contributed by atoms with Gasteiger partial charge >= 0.3 is 0 Å². The van der Waals surface area contributed by atoms with Crippen molar-refractivity contribution in [2.75, 3.05) is 25.0 Å². The monoisotopic (exact) mass is 379 g/mol. The van der Waals surface area contributed by atoms with Crippen LogP contribution in [0.2, 0.25) is 0 Å². The molecule has 2 heterocycles. The highest BCUT2D eigenvalue weighted by atomic mass is 16.3. The number of carbonyl (C=O) groups is 2. The van der Waals surface area contributed by atoms with Crippen LogP contribution in [0.3, 0.4) is 0 Å². The number of β-amino-alcohol motifs (C(OH)–C–C–N with tert-alkyl or cyclic N) is 1. The summed E-state index contributed by atoms with van der Waals surface area (Å²) in [6.45, 7) is 2.05. The Balaban J connectivity index is 1.70. The first-order valence-electron chi connectivity index (χ1n) is 9.68. The number of hydrogen-bond donors (Lipinski definition) is 3. The van der Waals surface area contributed by atoms with Crippen LogP contribution in [-0.2, 0) is 16.0 Å².